The van der Waals surface area contributed by atoms with Gasteiger partial charge in [-0.05, 0) is 15.9 Å². The largest absolute Gasteiger partial charge is 0.476 e. The van der Waals surface area contributed by atoms with Gasteiger partial charge < -0.3 is 5.11 Å². The van der Waals surface area contributed by atoms with Crippen molar-refractivity contribution >= 4 is 27.5 Å². The molecule has 2 aromatic rings. The highest BCUT2D eigenvalue weighted by Gasteiger charge is 2.14. The topological polar surface area (TPSA) is 100 Å². The number of carbonyl (C=O) groups is 1. The molecule has 72 valence electrons. The van der Waals surface area contributed by atoms with Gasteiger partial charge in [-0.25, -0.2) is 4.79 Å². The number of hydrogen-bond donors (Lipinski definition) is 2. The Balaban J connectivity index is 2.88. The highest BCUT2D eigenvalue weighted by molar-refractivity contribution is 9.10. The fourth-order valence-electron chi connectivity index (χ4n) is 0.987. The number of nitrogens with one attached hydrogen (secondary N) is 1. The van der Waals surface area contributed by atoms with Crippen LogP contribution in [-0.4, -0.2) is 30.9 Å². The van der Waals surface area contributed by atoms with Crippen LogP contribution in [0, 0.1) is 0 Å². The lowest BCUT2D eigenvalue weighted by Crippen LogP contribution is -2.25. The van der Waals surface area contributed by atoms with E-state index in [2.05, 4.69) is 31.2 Å². The van der Waals surface area contributed by atoms with Crippen LogP contribution >= 0.6 is 15.9 Å². The minimum atomic E-state index is -1.40. The average Bonchev–Trinajstić information content (AvgIpc) is 2.46. The molecule has 2 rings (SSSR count). The third kappa shape index (κ3) is 1.20. The minimum absolute atomic E-state index is 0.256. The molecule has 2 heterocycles. The number of H-pyrrole nitrogens is 1. The molecular formula is C6H3BrN4O3. The van der Waals surface area contributed by atoms with Gasteiger partial charge in [-0.3, -0.25) is 9.89 Å². The Hall–Kier alpha value is -1.70. The van der Waals surface area contributed by atoms with Gasteiger partial charge in [0.25, 0.3) is 0 Å². The van der Waals surface area contributed by atoms with Crippen LogP contribution in [0.3, 0.4) is 0 Å². The summed E-state index contributed by atoms with van der Waals surface area (Å²) in [6.07, 6.45) is 0. The minimum Gasteiger partial charge on any atom is -0.476 e. The number of aromatic nitrogens is 4. The zero-order chi connectivity index (χ0) is 10.3. The first-order valence-electron chi connectivity index (χ1n) is 3.47. The van der Waals surface area contributed by atoms with E-state index in [0.29, 0.717) is 4.60 Å². The SMILES string of the molecule is O=C(O)c1nnc2cc(Br)[nH]n2c1=O. The summed E-state index contributed by atoms with van der Waals surface area (Å²) in [5.74, 6) is -1.40. The van der Waals surface area contributed by atoms with Crippen LogP contribution in [0.15, 0.2) is 15.5 Å². The second-order valence-electron chi connectivity index (χ2n) is 2.46. The molecule has 0 saturated carbocycles. The summed E-state index contributed by atoms with van der Waals surface area (Å²) in [5, 5.41) is 18.0. The number of fused-ring (bicyclic) bond motifs is 1. The maximum atomic E-state index is 11.4. The first kappa shape index (κ1) is 8.88. The number of nitrogens with zero attached hydrogens (tertiary/aromatic N) is 3. The molecular weight excluding hydrogens is 256 g/mol. The molecule has 0 spiro atoms. The molecule has 2 aromatic heterocycles. The second kappa shape index (κ2) is 2.91. The highest BCUT2D eigenvalue weighted by atomic mass is 79.9. The summed E-state index contributed by atoms with van der Waals surface area (Å²) in [6.45, 7) is 0. The Bertz CT molecular complexity index is 572. The van der Waals surface area contributed by atoms with E-state index >= 15 is 0 Å². The van der Waals surface area contributed by atoms with Gasteiger partial charge in [0.05, 0.1) is 0 Å². The molecule has 0 radical (unpaired) electrons. The van der Waals surface area contributed by atoms with Crippen LogP contribution in [0.25, 0.3) is 5.65 Å². The van der Waals surface area contributed by atoms with Gasteiger partial charge in [0.2, 0.25) is 5.69 Å². The van der Waals surface area contributed by atoms with E-state index in [4.69, 9.17) is 5.11 Å². The number of aromatic carboxylic acids is 1. The van der Waals surface area contributed by atoms with Crippen molar-refractivity contribution in [2.45, 2.75) is 0 Å². The summed E-state index contributed by atoms with van der Waals surface area (Å²) in [6, 6.07) is 1.51. The molecule has 0 atom stereocenters. The van der Waals surface area contributed by atoms with Crippen molar-refractivity contribution in [2.75, 3.05) is 0 Å². The lowest BCUT2D eigenvalue weighted by atomic mass is 10.5. The average molecular weight is 259 g/mol. The maximum absolute atomic E-state index is 11.4. The molecule has 14 heavy (non-hydrogen) atoms. The van der Waals surface area contributed by atoms with Crippen molar-refractivity contribution in [1.29, 1.82) is 0 Å². The van der Waals surface area contributed by atoms with E-state index in [1.807, 2.05) is 0 Å². The van der Waals surface area contributed by atoms with Crippen LogP contribution in [0.4, 0.5) is 0 Å². The lowest BCUT2D eigenvalue weighted by Gasteiger charge is -1.92. The number of rotatable bonds is 1. The molecule has 0 unspecified atom stereocenters. The molecule has 0 aliphatic carbocycles. The molecule has 2 N–H and O–H groups in total. The first-order chi connectivity index (χ1) is 6.59. The Morgan fingerprint density at radius 3 is 2.93 bits per heavy atom. The first-order valence-corrected chi connectivity index (χ1v) is 4.26. The van der Waals surface area contributed by atoms with Gasteiger partial charge >= 0.3 is 11.5 Å². The number of carboxylic acids is 1. The number of aromatic amines is 1. The monoisotopic (exact) mass is 258 g/mol. The molecule has 0 aromatic carbocycles. The van der Waals surface area contributed by atoms with Gasteiger partial charge in [-0.1, -0.05) is 0 Å². The van der Waals surface area contributed by atoms with E-state index in [0.717, 1.165) is 4.52 Å². The van der Waals surface area contributed by atoms with Crippen molar-refractivity contribution < 1.29 is 9.90 Å². The van der Waals surface area contributed by atoms with Crippen molar-refractivity contribution in [3.8, 4) is 0 Å². The predicted octanol–water partition coefficient (Wildman–Crippen LogP) is -0.122. The van der Waals surface area contributed by atoms with E-state index in [1.54, 1.807) is 0 Å². The predicted molar refractivity (Wildman–Crippen MR) is 48.3 cm³/mol. The van der Waals surface area contributed by atoms with Gasteiger partial charge in [-0.15, -0.1) is 10.2 Å². The third-order valence-electron chi connectivity index (χ3n) is 1.56. The summed E-state index contributed by atoms with van der Waals surface area (Å²) < 4.78 is 1.52. The lowest BCUT2D eigenvalue weighted by molar-refractivity contribution is 0.0686. The van der Waals surface area contributed by atoms with Crippen molar-refractivity contribution in [2.24, 2.45) is 0 Å². The molecule has 0 saturated heterocycles. The van der Waals surface area contributed by atoms with Crippen LogP contribution in [-0.2, 0) is 0 Å². The van der Waals surface area contributed by atoms with Crippen LogP contribution in [0.2, 0.25) is 0 Å². The standard InChI is InChI=1S/C6H3BrN4O3/c7-2-1-3-8-9-4(6(13)14)5(12)11(3)10-2/h1,10H,(H,13,14). The Labute approximate surface area is 84.5 Å². The van der Waals surface area contributed by atoms with Crippen LogP contribution in [0.5, 0.6) is 0 Å². The fraction of sp³-hybridized carbons (Fsp3) is 0. The number of hydrogen-bond acceptors (Lipinski definition) is 4. The molecule has 0 amide bonds. The smallest absolute Gasteiger partial charge is 0.362 e. The summed E-state index contributed by atoms with van der Waals surface area (Å²) in [4.78, 5) is 21.9. The summed E-state index contributed by atoms with van der Waals surface area (Å²) in [7, 11) is 0. The van der Waals surface area contributed by atoms with Crippen molar-refractivity contribution in [3.05, 3.63) is 26.7 Å². The number of halogens is 1. The zero-order valence-corrected chi connectivity index (χ0v) is 8.15. The fourth-order valence-corrected chi connectivity index (χ4v) is 1.37. The molecule has 0 aliphatic heterocycles. The Morgan fingerprint density at radius 2 is 2.29 bits per heavy atom. The molecule has 0 fully saturated rings. The Morgan fingerprint density at radius 1 is 1.57 bits per heavy atom. The van der Waals surface area contributed by atoms with Gasteiger partial charge in [-0.2, -0.15) is 4.52 Å². The van der Waals surface area contributed by atoms with E-state index in [9.17, 15) is 9.59 Å². The molecule has 0 aliphatic rings. The molecule has 0 bridgehead atoms. The summed E-state index contributed by atoms with van der Waals surface area (Å²) in [5.41, 5.74) is -1.10. The quantitative estimate of drug-likeness (QED) is 0.743. The highest BCUT2D eigenvalue weighted by Crippen LogP contribution is 2.06. The van der Waals surface area contributed by atoms with Gasteiger partial charge in [0, 0.05) is 6.07 Å². The summed E-state index contributed by atoms with van der Waals surface area (Å²) >= 11 is 3.09. The van der Waals surface area contributed by atoms with Gasteiger partial charge in [0.15, 0.2) is 5.65 Å². The van der Waals surface area contributed by atoms with E-state index < -0.39 is 17.2 Å². The Kier molecular flexibility index (Phi) is 1.84. The molecule has 7 nitrogen and oxygen atoms in total. The maximum Gasteiger partial charge on any atom is 0.362 e. The van der Waals surface area contributed by atoms with E-state index in [-0.39, 0.29) is 5.65 Å². The second-order valence-corrected chi connectivity index (χ2v) is 3.31. The zero-order valence-electron chi connectivity index (χ0n) is 6.56. The van der Waals surface area contributed by atoms with Crippen molar-refractivity contribution in [3.63, 3.8) is 0 Å². The van der Waals surface area contributed by atoms with E-state index in [1.165, 1.54) is 6.07 Å². The van der Waals surface area contributed by atoms with Crippen LogP contribution in [0.1, 0.15) is 10.5 Å². The third-order valence-corrected chi connectivity index (χ3v) is 1.97. The van der Waals surface area contributed by atoms with Gasteiger partial charge in [0.1, 0.15) is 4.60 Å². The molecule has 8 heteroatoms. The van der Waals surface area contributed by atoms with Crippen LogP contribution < -0.4 is 5.56 Å². The van der Waals surface area contributed by atoms with Crippen molar-refractivity contribution in [1.82, 2.24) is 19.8 Å². The normalized spacial score (nSPS) is 10.6. The number of carboxylic acid groups (broad SMARTS) is 1.